The first-order valence-electron chi connectivity index (χ1n) is 9.27. The van der Waals surface area contributed by atoms with E-state index in [1.165, 1.54) is 18.4 Å². The molecule has 1 unspecified atom stereocenters. The standard InChI is InChI=1S/C21H27N3O2S/c1-25-17-11-9-16(10-12-17)23-21(27)22-15-19(24-13-5-6-14-24)18-7-3-4-8-20(18)26-2/h3-4,7-12,19H,5-6,13-15H2,1-2H3,(H2,22,23,27). The van der Waals surface area contributed by atoms with E-state index < -0.39 is 0 Å². The van der Waals surface area contributed by atoms with Crippen molar-refractivity contribution in [1.29, 1.82) is 0 Å². The molecule has 2 aromatic carbocycles. The second-order valence-corrected chi connectivity index (χ2v) is 6.97. The van der Waals surface area contributed by atoms with Crippen LogP contribution in [0.15, 0.2) is 48.5 Å². The largest absolute Gasteiger partial charge is 0.497 e. The van der Waals surface area contributed by atoms with Gasteiger partial charge >= 0.3 is 0 Å². The lowest BCUT2D eigenvalue weighted by atomic mass is 10.0. The van der Waals surface area contributed by atoms with Crippen molar-refractivity contribution in [3.05, 3.63) is 54.1 Å². The van der Waals surface area contributed by atoms with E-state index in [4.69, 9.17) is 21.7 Å². The summed E-state index contributed by atoms with van der Waals surface area (Å²) >= 11 is 5.50. The summed E-state index contributed by atoms with van der Waals surface area (Å²) in [6.07, 6.45) is 2.47. The van der Waals surface area contributed by atoms with Crippen molar-refractivity contribution in [2.75, 3.05) is 39.2 Å². The summed E-state index contributed by atoms with van der Waals surface area (Å²) in [4.78, 5) is 2.50. The first-order valence-corrected chi connectivity index (χ1v) is 9.68. The van der Waals surface area contributed by atoms with E-state index in [1.54, 1.807) is 14.2 Å². The summed E-state index contributed by atoms with van der Waals surface area (Å²) in [7, 11) is 3.38. The summed E-state index contributed by atoms with van der Waals surface area (Å²) in [5.74, 6) is 1.75. The highest BCUT2D eigenvalue weighted by atomic mass is 32.1. The number of ether oxygens (including phenoxy) is 2. The molecule has 0 amide bonds. The Bertz CT molecular complexity index is 745. The molecule has 1 aliphatic heterocycles. The summed E-state index contributed by atoms with van der Waals surface area (Å²) < 4.78 is 10.8. The molecule has 0 aromatic heterocycles. The van der Waals surface area contributed by atoms with E-state index in [0.29, 0.717) is 5.11 Å². The maximum Gasteiger partial charge on any atom is 0.170 e. The van der Waals surface area contributed by atoms with Gasteiger partial charge in [-0.25, -0.2) is 0 Å². The maximum absolute atomic E-state index is 5.60. The van der Waals surface area contributed by atoms with Gasteiger partial charge in [0.25, 0.3) is 0 Å². The van der Waals surface area contributed by atoms with Crippen LogP contribution in [0.2, 0.25) is 0 Å². The van der Waals surface area contributed by atoms with Crippen LogP contribution in [0.1, 0.15) is 24.4 Å². The van der Waals surface area contributed by atoms with Crippen molar-refractivity contribution < 1.29 is 9.47 Å². The minimum atomic E-state index is 0.222. The number of nitrogens with one attached hydrogen (secondary N) is 2. The molecule has 3 rings (SSSR count). The Morgan fingerprint density at radius 1 is 1.04 bits per heavy atom. The molecule has 1 aliphatic rings. The van der Waals surface area contributed by atoms with Crippen molar-refractivity contribution in [3.63, 3.8) is 0 Å². The Labute approximate surface area is 166 Å². The van der Waals surface area contributed by atoms with Gasteiger partial charge in [0.2, 0.25) is 0 Å². The van der Waals surface area contributed by atoms with Crippen LogP contribution in [-0.2, 0) is 0 Å². The highest BCUT2D eigenvalue weighted by Gasteiger charge is 2.25. The Balaban J connectivity index is 1.66. The van der Waals surface area contributed by atoms with Crippen LogP contribution in [0.3, 0.4) is 0 Å². The molecule has 1 atom stereocenters. The smallest absolute Gasteiger partial charge is 0.170 e. The summed E-state index contributed by atoms with van der Waals surface area (Å²) in [6.45, 7) is 2.93. The van der Waals surface area contributed by atoms with Crippen LogP contribution in [0.4, 0.5) is 5.69 Å². The molecule has 0 radical (unpaired) electrons. The predicted molar refractivity (Wildman–Crippen MR) is 114 cm³/mol. The van der Waals surface area contributed by atoms with E-state index in [9.17, 15) is 0 Å². The van der Waals surface area contributed by atoms with Crippen LogP contribution in [0, 0.1) is 0 Å². The zero-order valence-electron chi connectivity index (χ0n) is 15.9. The predicted octanol–water partition coefficient (Wildman–Crippen LogP) is 3.83. The van der Waals surface area contributed by atoms with Gasteiger partial charge in [0, 0.05) is 17.8 Å². The third kappa shape index (κ3) is 5.11. The van der Waals surface area contributed by atoms with E-state index >= 15 is 0 Å². The number of thiocarbonyl (C=S) groups is 1. The van der Waals surface area contributed by atoms with Gasteiger partial charge in [-0.05, 0) is 68.5 Å². The van der Waals surface area contributed by atoms with Gasteiger partial charge in [-0.3, -0.25) is 4.90 Å². The van der Waals surface area contributed by atoms with E-state index in [-0.39, 0.29) is 6.04 Å². The van der Waals surface area contributed by atoms with E-state index in [0.717, 1.165) is 36.8 Å². The summed E-state index contributed by atoms with van der Waals surface area (Å²) in [5, 5.41) is 7.22. The van der Waals surface area contributed by atoms with Crippen molar-refractivity contribution >= 4 is 23.0 Å². The molecule has 0 spiro atoms. The lowest BCUT2D eigenvalue weighted by molar-refractivity contribution is 0.240. The number of methoxy groups -OCH3 is 2. The number of benzene rings is 2. The summed E-state index contributed by atoms with van der Waals surface area (Å²) in [6, 6.07) is 16.2. The fourth-order valence-electron chi connectivity index (χ4n) is 3.47. The second-order valence-electron chi connectivity index (χ2n) is 6.56. The second kappa shape index (κ2) is 9.58. The molecule has 144 valence electrons. The Kier molecular flexibility index (Phi) is 6.90. The van der Waals surface area contributed by atoms with Gasteiger partial charge in [0.1, 0.15) is 11.5 Å². The minimum absolute atomic E-state index is 0.222. The van der Waals surface area contributed by atoms with Gasteiger partial charge < -0.3 is 20.1 Å². The molecular formula is C21H27N3O2S. The van der Waals surface area contributed by atoms with Crippen LogP contribution < -0.4 is 20.1 Å². The number of nitrogens with zero attached hydrogens (tertiary/aromatic N) is 1. The van der Waals surface area contributed by atoms with Gasteiger partial charge in [-0.15, -0.1) is 0 Å². The monoisotopic (exact) mass is 385 g/mol. The molecular weight excluding hydrogens is 358 g/mol. The number of likely N-dealkylation sites (tertiary alicyclic amines) is 1. The van der Waals surface area contributed by atoms with Gasteiger partial charge in [-0.1, -0.05) is 18.2 Å². The van der Waals surface area contributed by atoms with E-state index in [2.05, 4.69) is 27.7 Å². The van der Waals surface area contributed by atoms with Gasteiger partial charge in [0.15, 0.2) is 5.11 Å². The lowest BCUT2D eigenvalue weighted by Crippen LogP contribution is -2.38. The average molecular weight is 386 g/mol. The van der Waals surface area contributed by atoms with Crippen LogP contribution in [-0.4, -0.2) is 43.9 Å². The van der Waals surface area contributed by atoms with Gasteiger partial charge in [0.05, 0.1) is 20.3 Å². The molecule has 0 bridgehead atoms. The van der Waals surface area contributed by atoms with E-state index in [1.807, 2.05) is 36.4 Å². The average Bonchev–Trinajstić information content (AvgIpc) is 3.23. The molecule has 2 N–H and O–H groups in total. The zero-order chi connectivity index (χ0) is 19.1. The van der Waals surface area contributed by atoms with Crippen molar-refractivity contribution in [1.82, 2.24) is 10.2 Å². The molecule has 1 heterocycles. The summed E-state index contributed by atoms with van der Waals surface area (Å²) in [5.41, 5.74) is 2.13. The topological polar surface area (TPSA) is 45.8 Å². The number of anilines is 1. The molecule has 0 aliphatic carbocycles. The molecule has 1 saturated heterocycles. The fourth-order valence-corrected chi connectivity index (χ4v) is 3.67. The minimum Gasteiger partial charge on any atom is -0.497 e. The van der Waals surface area contributed by atoms with Crippen LogP contribution >= 0.6 is 12.2 Å². The number of rotatable bonds is 7. The third-order valence-electron chi connectivity index (χ3n) is 4.88. The molecule has 6 heteroatoms. The van der Waals surface area contributed by atoms with Crippen molar-refractivity contribution in [3.8, 4) is 11.5 Å². The fraction of sp³-hybridized carbons (Fsp3) is 0.381. The molecule has 27 heavy (non-hydrogen) atoms. The number of hydrogen-bond donors (Lipinski definition) is 2. The molecule has 1 fully saturated rings. The normalized spacial score (nSPS) is 15.2. The lowest BCUT2D eigenvalue weighted by Gasteiger charge is -2.29. The maximum atomic E-state index is 5.60. The highest BCUT2D eigenvalue weighted by molar-refractivity contribution is 7.80. The Hall–Kier alpha value is -2.31. The number of hydrogen-bond acceptors (Lipinski definition) is 4. The Morgan fingerprint density at radius 2 is 1.74 bits per heavy atom. The third-order valence-corrected chi connectivity index (χ3v) is 5.13. The van der Waals surface area contributed by atoms with Crippen molar-refractivity contribution in [2.45, 2.75) is 18.9 Å². The Morgan fingerprint density at radius 3 is 2.41 bits per heavy atom. The number of para-hydroxylation sites is 1. The quantitative estimate of drug-likeness (QED) is 0.707. The first-order chi connectivity index (χ1) is 13.2. The van der Waals surface area contributed by atoms with Crippen LogP contribution in [0.5, 0.6) is 11.5 Å². The van der Waals surface area contributed by atoms with Crippen LogP contribution in [0.25, 0.3) is 0 Å². The van der Waals surface area contributed by atoms with Crippen molar-refractivity contribution in [2.24, 2.45) is 0 Å². The molecule has 2 aromatic rings. The molecule has 5 nitrogen and oxygen atoms in total. The first kappa shape index (κ1) is 19.5. The SMILES string of the molecule is COc1ccc(NC(=S)NCC(c2ccccc2OC)N2CCCC2)cc1. The van der Waals surface area contributed by atoms with Gasteiger partial charge in [-0.2, -0.15) is 0 Å². The zero-order valence-corrected chi connectivity index (χ0v) is 16.7. The highest BCUT2D eigenvalue weighted by Crippen LogP contribution is 2.31. The molecule has 0 saturated carbocycles.